The van der Waals surface area contributed by atoms with Crippen LogP contribution in [0.25, 0.3) is 5.78 Å². The smallest absolute Gasteiger partial charge is 0.349 e. The molecule has 6 rings (SSSR count). The summed E-state index contributed by atoms with van der Waals surface area (Å²) in [5, 5.41) is 23.4. The number of aryl methyl sites for hydroxylation is 1. The predicted octanol–water partition coefficient (Wildman–Crippen LogP) is 0.393. The SMILES string of the molecule is Nc1c(NCc2cc(CNC(=O)c3cc(C(=O)N[C@H]4CCc5cc(C(=O)O)ccc54)n4c(=O)[nH]nc4n3)ccc2F)c(=O)c1=O. The number of nitrogens with one attached hydrogen (secondary N) is 4. The minimum Gasteiger partial charge on any atom is -0.478 e. The standard InChI is InChI=1S/C29H23FN8O7/c30-17-5-1-12(7-15(17)11-32-22-21(31)23(39)24(22)40)10-33-25(41)19-9-20(38-28(35-19)36-37-29(38)45)26(42)34-18-6-3-13-8-14(27(43)44)2-4-16(13)18/h1-2,4-5,7-9,18,32H,3,6,10-11,31H2,(H,33,41)(H,34,42)(H,37,45)(H,43,44)/t18-/m0/s1. The number of hydrogen-bond acceptors (Lipinski definition) is 10. The molecule has 1 aliphatic rings. The van der Waals surface area contributed by atoms with Gasteiger partial charge in [0.2, 0.25) is 0 Å². The van der Waals surface area contributed by atoms with E-state index in [0.717, 1.165) is 21.6 Å². The third-order valence-electron chi connectivity index (χ3n) is 7.59. The molecular formula is C29H23FN8O7. The van der Waals surface area contributed by atoms with E-state index in [4.69, 9.17) is 5.73 Å². The molecule has 0 radical (unpaired) electrons. The van der Waals surface area contributed by atoms with Crippen molar-refractivity contribution in [1.29, 1.82) is 0 Å². The average molecular weight is 615 g/mol. The second-order valence-electron chi connectivity index (χ2n) is 10.4. The van der Waals surface area contributed by atoms with Gasteiger partial charge in [0.15, 0.2) is 0 Å². The van der Waals surface area contributed by atoms with E-state index in [1.54, 1.807) is 12.1 Å². The molecule has 2 aromatic heterocycles. The summed E-state index contributed by atoms with van der Waals surface area (Å²) >= 11 is 0. The normalized spacial score (nSPS) is 13.9. The lowest BCUT2D eigenvalue weighted by molar-refractivity contribution is 0.0696. The van der Waals surface area contributed by atoms with Crippen molar-refractivity contribution in [3.05, 3.63) is 118 Å². The van der Waals surface area contributed by atoms with Gasteiger partial charge in [-0.3, -0.25) is 19.2 Å². The van der Waals surface area contributed by atoms with Gasteiger partial charge in [-0.05, 0) is 59.9 Å². The van der Waals surface area contributed by atoms with Gasteiger partial charge in [0.1, 0.15) is 28.6 Å². The molecule has 1 aliphatic carbocycles. The van der Waals surface area contributed by atoms with Crippen LogP contribution in [0, 0.1) is 5.82 Å². The van der Waals surface area contributed by atoms with Crippen molar-refractivity contribution < 1.29 is 23.9 Å². The van der Waals surface area contributed by atoms with Crippen LogP contribution >= 0.6 is 0 Å². The molecule has 2 amide bonds. The van der Waals surface area contributed by atoms with Gasteiger partial charge < -0.3 is 26.8 Å². The number of amides is 2. The number of aromatic amines is 1. The summed E-state index contributed by atoms with van der Waals surface area (Å²) in [5.41, 5.74) is 4.75. The average Bonchev–Trinajstić information content (AvgIpc) is 3.62. The molecule has 7 N–H and O–H groups in total. The molecule has 0 aliphatic heterocycles. The Labute approximate surface area is 250 Å². The van der Waals surface area contributed by atoms with E-state index in [1.807, 2.05) is 0 Å². The van der Waals surface area contributed by atoms with E-state index < -0.39 is 46.2 Å². The first-order valence-corrected chi connectivity index (χ1v) is 13.5. The topological polar surface area (TPSA) is 231 Å². The summed E-state index contributed by atoms with van der Waals surface area (Å²) in [6.07, 6.45) is 1.04. The molecule has 45 heavy (non-hydrogen) atoms. The van der Waals surface area contributed by atoms with Crippen LogP contribution in [-0.2, 0) is 19.5 Å². The minimum absolute atomic E-state index is 0.0761. The molecule has 0 fully saturated rings. The lowest BCUT2D eigenvalue weighted by atomic mass is 10.0. The molecule has 16 heteroatoms. The van der Waals surface area contributed by atoms with Crippen LogP contribution in [-0.4, -0.2) is 42.5 Å². The van der Waals surface area contributed by atoms with Gasteiger partial charge in [0, 0.05) is 18.7 Å². The number of rotatable bonds is 9. The fraction of sp³-hybridized carbons (Fsp3) is 0.172. The molecule has 15 nitrogen and oxygen atoms in total. The largest absolute Gasteiger partial charge is 0.478 e. The van der Waals surface area contributed by atoms with Crippen LogP contribution in [0.15, 0.2) is 56.8 Å². The quantitative estimate of drug-likeness (QED) is 0.124. The molecule has 0 saturated heterocycles. The summed E-state index contributed by atoms with van der Waals surface area (Å²) < 4.78 is 15.3. The summed E-state index contributed by atoms with van der Waals surface area (Å²) in [6.45, 7) is -0.215. The van der Waals surface area contributed by atoms with Crippen LogP contribution < -0.4 is 38.2 Å². The molecule has 0 bridgehead atoms. The highest BCUT2D eigenvalue weighted by molar-refractivity contribution is 5.98. The molecule has 228 valence electrons. The van der Waals surface area contributed by atoms with Gasteiger partial charge >= 0.3 is 11.7 Å². The van der Waals surface area contributed by atoms with Crippen molar-refractivity contribution in [2.45, 2.75) is 32.0 Å². The third kappa shape index (κ3) is 5.28. The number of nitrogens with zero attached hydrogens (tertiary/aromatic N) is 3. The second-order valence-corrected chi connectivity index (χ2v) is 10.4. The van der Waals surface area contributed by atoms with E-state index in [0.29, 0.717) is 18.4 Å². The van der Waals surface area contributed by atoms with E-state index in [1.165, 1.54) is 24.3 Å². The van der Waals surface area contributed by atoms with Crippen molar-refractivity contribution in [3.63, 3.8) is 0 Å². The maximum atomic E-state index is 14.4. The number of nitrogen functional groups attached to an aromatic ring is 1. The highest BCUT2D eigenvalue weighted by Crippen LogP contribution is 2.32. The summed E-state index contributed by atoms with van der Waals surface area (Å²) in [6, 6.07) is 9.39. The number of benzene rings is 2. The molecule has 2 heterocycles. The monoisotopic (exact) mass is 614 g/mol. The van der Waals surface area contributed by atoms with Gasteiger partial charge in [-0.15, -0.1) is 5.10 Å². The fourth-order valence-corrected chi connectivity index (χ4v) is 5.25. The van der Waals surface area contributed by atoms with Gasteiger partial charge in [0.25, 0.3) is 28.4 Å². The number of carbonyl (C=O) groups excluding carboxylic acids is 2. The number of hydrogen-bond donors (Lipinski definition) is 6. The van der Waals surface area contributed by atoms with E-state index >= 15 is 0 Å². The first-order chi connectivity index (χ1) is 21.5. The first kappa shape index (κ1) is 28.9. The second kappa shape index (κ2) is 11.1. The number of fused-ring (bicyclic) bond motifs is 2. The minimum atomic E-state index is -1.06. The third-order valence-corrected chi connectivity index (χ3v) is 7.59. The maximum Gasteiger partial charge on any atom is 0.349 e. The molecule has 0 saturated carbocycles. The number of halogens is 1. The van der Waals surface area contributed by atoms with Gasteiger partial charge in [0.05, 0.1) is 11.6 Å². The molecule has 0 spiro atoms. The summed E-state index contributed by atoms with van der Waals surface area (Å²) in [5.74, 6) is -3.26. The number of nitrogens with two attached hydrogens (primary N) is 1. The fourth-order valence-electron chi connectivity index (χ4n) is 5.25. The molecule has 5 aromatic rings. The number of anilines is 2. The summed E-state index contributed by atoms with van der Waals surface area (Å²) in [4.78, 5) is 77.3. The zero-order chi connectivity index (χ0) is 32.0. The zero-order valence-corrected chi connectivity index (χ0v) is 23.1. The number of aromatic carboxylic acids is 1. The number of H-pyrrole nitrogens is 1. The number of carboxylic acid groups (broad SMARTS) is 1. The first-order valence-electron chi connectivity index (χ1n) is 13.5. The van der Waals surface area contributed by atoms with Crippen LogP contribution in [0.3, 0.4) is 0 Å². The Kier molecular flexibility index (Phi) is 7.16. The predicted molar refractivity (Wildman–Crippen MR) is 156 cm³/mol. The van der Waals surface area contributed by atoms with Crippen LogP contribution in [0.2, 0.25) is 0 Å². The van der Waals surface area contributed by atoms with E-state index in [9.17, 15) is 38.3 Å². The Morgan fingerprint density at radius 2 is 1.84 bits per heavy atom. The Bertz CT molecular complexity index is 2180. The maximum absolute atomic E-state index is 14.4. The lowest BCUT2D eigenvalue weighted by Crippen LogP contribution is -2.37. The zero-order valence-electron chi connectivity index (χ0n) is 23.1. The summed E-state index contributed by atoms with van der Waals surface area (Å²) in [7, 11) is 0. The molecule has 3 aromatic carbocycles. The van der Waals surface area contributed by atoms with Crippen molar-refractivity contribution >= 4 is 34.9 Å². The Balaban J connectivity index is 1.18. The van der Waals surface area contributed by atoms with Gasteiger partial charge in [-0.25, -0.2) is 28.5 Å². The number of carboxylic acids is 1. The van der Waals surface area contributed by atoms with Crippen LogP contribution in [0.5, 0.6) is 0 Å². The Hall–Kier alpha value is -6.19. The van der Waals surface area contributed by atoms with E-state index in [-0.39, 0.29) is 52.8 Å². The van der Waals surface area contributed by atoms with Crippen molar-refractivity contribution in [2.75, 3.05) is 11.1 Å². The highest BCUT2D eigenvalue weighted by atomic mass is 19.1. The Morgan fingerprint density at radius 3 is 2.60 bits per heavy atom. The molecular weight excluding hydrogens is 591 g/mol. The van der Waals surface area contributed by atoms with Gasteiger partial charge in [-0.1, -0.05) is 12.1 Å². The van der Waals surface area contributed by atoms with Gasteiger partial charge in [-0.2, -0.15) is 0 Å². The number of aromatic nitrogens is 4. The van der Waals surface area contributed by atoms with Crippen molar-refractivity contribution in [1.82, 2.24) is 30.2 Å². The van der Waals surface area contributed by atoms with Crippen molar-refractivity contribution in [2.24, 2.45) is 0 Å². The molecule has 1 atom stereocenters. The van der Waals surface area contributed by atoms with E-state index in [2.05, 4.69) is 31.1 Å². The van der Waals surface area contributed by atoms with Crippen LogP contribution in [0.4, 0.5) is 15.8 Å². The molecule has 0 unspecified atom stereocenters. The highest BCUT2D eigenvalue weighted by Gasteiger charge is 2.27. The number of carbonyl (C=O) groups is 3. The van der Waals surface area contributed by atoms with Crippen molar-refractivity contribution in [3.8, 4) is 0 Å². The lowest BCUT2D eigenvalue weighted by Gasteiger charge is -2.15. The Morgan fingerprint density at radius 1 is 1.04 bits per heavy atom. The van der Waals surface area contributed by atoms with Crippen LogP contribution in [0.1, 0.15) is 66.1 Å².